The number of nitrogens with one attached hydrogen (secondary N) is 3. The van der Waals surface area contributed by atoms with Crippen molar-refractivity contribution in [1.82, 2.24) is 10.3 Å². The van der Waals surface area contributed by atoms with Crippen LogP contribution in [-0.4, -0.2) is 40.5 Å². The number of halogens is 1. The van der Waals surface area contributed by atoms with Gasteiger partial charge < -0.3 is 20.7 Å². The molecule has 3 N–H and O–H groups in total. The van der Waals surface area contributed by atoms with Gasteiger partial charge in [0.25, 0.3) is 11.8 Å². The van der Waals surface area contributed by atoms with Crippen molar-refractivity contribution in [2.45, 2.75) is 36.8 Å². The summed E-state index contributed by atoms with van der Waals surface area (Å²) in [5, 5.41) is 10.1. The number of rotatable bonds is 13. The fraction of sp³-hybridized carbons (Fsp3) is 0.182. The monoisotopic (exact) mass is 706 g/mol. The van der Waals surface area contributed by atoms with Crippen LogP contribution >= 0.6 is 39.0 Å². The first-order valence-corrected chi connectivity index (χ1v) is 16.6. The van der Waals surface area contributed by atoms with Gasteiger partial charge in [-0.2, -0.15) is 0 Å². The molecule has 4 rings (SSSR count). The summed E-state index contributed by atoms with van der Waals surface area (Å²) in [7, 11) is 0. The fourth-order valence-corrected chi connectivity index (χ4v) is 5.98. The second-order valence-electron chi connectivity index (χ2n) is 9.54. The van der Waals surface area contributed by atoms with E-state index in [-0.39, 0.29) is 24.0 Å². The Kier molecular flexibility index (Phi) is 12.5. The molecule has 0 bridgehead atoms. The molecule has 0 radical (unpaired) electrons. The lowest BCUT2D eigenvalue weighted by Crippen LogP contribution is -2.30. The van der Waals surface area contributed by atoms with Gasteiger partial charge in [0.15, 0.2) is 5.13 Å². The number of anilines is 2. The number of hydrogen-bond acceptors (Lipinski definition) is 8. The number of carbonyl (C=O) groups is 4. The van der Waals surface area contributed by atoms with Crippen molar-refractivity contribution in [2.75, 3.05) is 17.2 Å². The zero-order valence-electron chi connectivity index (χ0n) is 24.5. The van der Waals surface area contributed by atoms with Crippen molar-refractivity contribution in [3.8, 4) is 0 Å². The first-order valence-electron chi connectivity index (χ1n) is 14.1. The number of ether oxygens (including phenoxy) is 1. The minimum atomic E-state index is -0.503. The lowest BCUT2D eigenvalue weighted by Gasteiger charge is -2.15. The average Bonchev–Trinajstić information content (AvgIpc) is 3.47. The van der Waals surface area contributed by atoms with Crippen LogP contribution in [0.3, 0.4) is 0 Å². The lowest BCUT2D eigenvalue weighted by molar-refractivity contribution is -0.142. The Morgan fingerprint density at radius 2 is 1.73 bits per heavy atom. The standard InChI is InChI=1S/C33H31BrN4O5S2/c1-3-28(32(42)38-33-36-25(20-44-33)19-29(39)43-4-2)45-26-12-8-11-24(18-26)35-31(41)27(17-21-13-15-23(34)16-14-21)37-30(40)22-9-6-5-7-10-22/h5-18,20,28H,3-4,19H2,1-2H3,(H,35,41)(H,37,40)(H,36,38,42)/b27-17-. The molecule has 0 aliphatic heterocycles. The smallest absolute Gasteiger partial charge is 0.311 e. The number of carbonyl (C=O) groups excluding carboxylic acids is 4. The predicted octanol–water partition coefficient (Wildman–Crippen LogP) is 6.93. The van der Waals surface area contributed by atoms with Gasteiger partial charge in [-0.05, 0) is 67.4 Å². The van der Waals surface area contributed by atoms with Gasteiger partial charge in [-0.15, -0.1) is 23.1 Å². The van der Waals surface area contributed by atoms with Crippen LogP contribution in [0.1, 0.15) is 41.9 Å². The van der Waals surface area contributed by atoms with E-state index in [0.717, 1.165) is 14.9 Å². The number of amides is 3. The van der Waals surface area contributed by atoms with E-state index in [1.807, 2.05) is 43.3 Å². The van der Waals surface area contributed by atoms with Crippen LogP contribution in [0, 0.1) is 0 Å². The average molecular weight is 708 g/mol. The summed E-state index contributed by atoms with van der Waals surface area (Å²) < 4.78 is 5.84. The van der Waals surface area contributed by atoms with Crippen molar-refractivity contribution in [2.24, 2.45) is 0 Å². The second kappa shape index (κ2) is 16.7. The van der Waals surface area contributed by atoms with E-state index in [1.54, 1.807) is 60.8 Å². The molecule has 4 aromatic rings. The van der Waals surface area contributed by atoms with Crippen LogP contribution < -0.4 is 16.0 Å². The van der Waals surface area contributed by atoms with Gasteiger partial charge in [-0.1, -0.05) is 59.3 Å². The highest BCUT2D eigenvalue weighted by Crippen LogP contribution is 2.29. The van der Waals surface area contributed by atoms with E-state index in [4.69, 9.17) is 4.74 Å². The molecule has 0 saturated carbocycles. The molecule has 0 aliphatic rings. The van der Waals surface area contributed by atoms with Crippen molar-refractivity contribution >= 4 is 79.6 Å². The summed E-state index contributed by atoms with van der Waals surface area (Å²) in [5.41, 5.74) is 2.25. The second-order valence-corrected chi connectivity index (χ2v) is 12.6. The zero-order valence-corrected chi connectivity index (χ0v) is 27.8. The molecular formula is C33H31BrN4O5S2. The summed E-state index contributed by atoms with van der Waals surface area (Å²) in [6.45, 7) is 3.94. The van der Waals surface area contributed by atoms with Crippen LogP contribution in [0.15, 0.2) is 99.3 Å². The third-order valence-electron chi connectivity index (χ3n) is 6.16. The molecule has 0 fully saturated rings. The quantitative estimate of drug-likeness (QED) is 0.0782. The minimum absolute atomic E-state index is 0.0423. The number of thioether (sulfide) groups is 1. The normalized spacial score (nSPS) is 11.8. The molecule has 1 unspecified atom stereocenters. The molecule has 0 aliphatic carbocycles. The summed E-state index contributed by atoms with van der Waals surface area (Å²) in [5.74, 6) is -1.51. The van der Waals surface area contributed by atoms with E-state index in [2.05, 4.69) is 36.9 Å². The lowest BCUT2D eigenvalue weighted by atomic mass is 10.1. The summed E-state index contributed by atoms with van der Waals surface area (Å²) in [6.07, 6.45) is 2.19. The van der Waals surface area contributed by atoms with E-state index in [0.29, 0.717) is 35.1 Å². The van der Waals surface area contributed by atoms with Gasteiger partial charge in [0, 0.05) is 26.0 Å². The van der Waals surface area contributed by atoms with Gasteiger partial charge in [-0.3, -0.25) is 19.2 Å². The molecule has 0 saturated heterocycles. The Bertz CT molecular complexity index is 1680. The maximum atomic E-state index is 13.4. The Hall–Kier alpha value is -4.26. The third kappa shape index (κ3) is 10.4. The van der Waals surface area contributed by atoms with Gasteiger partial charge in [-0.25, -0.2) is 4.98 Å². The van der Waals surface area contributed by atoms with Crippen LogP contribution in [-0.2, 0) is 25.5 Å². The number of benzene rings is 3. The van der Waals surface area contributed by atoms with E-state index in [1.165, 1.54) is 23.1 Å². The first kappa shape index (κ1) is 33.6. The van der Waals surface area contributed by atoms with Gasteiger partial charge in [0.2, 0.25) is 5.91 Å². The summed E-state index contributed by atoms with van der Waals surface area (Å²) in [6, 6.07) is 23.1. The van der Waals surface area contributed by atoms with Crippen molar-refractivity contribution in [3.05, 3.63) is 111 Å². The van der Waals surface area contributed by atoms with Crippen LogP contribution in [0.2, 0.25) is 0 Å². The molecule has 1 aromatic heterocycles. The summed E-state index contributed by atoms with van der Waals surface area (Å²) >= 11 is 6.00. The number of aromatic nitrogens is 1. The number of thiazole rings is 1. The Morgan fingerprint density at radius 1 is 0.978 bits per heavy atom. The molecule has 9 nitrogen and oxygen atoms in total. The highest BCUT2D eigenvalue weighted by atomic mass is 79.9. The van der Waals surface area contributed by atoms with Crippen LogP contribution in [0.4, 0.5) is 10.8 Å². The highest BCUT2D eigenvalue weighted by molar-refractivity contribution is 9.10. The van der Waals surface area contributed by atoms with Crippen molar-refractivity contribution in [1.29, 1.82) is 0 Å². The predicted molar refractivity (Wildman–Crippen MR) is 182 cm³/mol. The molecule has 232 valence electrons. The SMILES string of the molecule is CCOC(=O)Cc1csc(NC(=O)C(CC)Sc2cccc(NC(=O)/C(=C/c3ccc(Br)cc3)NC(=O)c3ccccc3)c2)n1. The van der Waals surface area contributed by atoms with Crippen LogP contribution in [0.25, 0.3) is 6.08 Å². The van der Waals surface area contributed by atoms with E-state index in [9.17, 15) is 19.2 Å². The molecule has 12 heteroatoms. The highest BCUT2D eigenvalue weighted by Gasteiger charge is 2.21. The molecule has 3 aromatic carbocycles. The fourth-order valence-electron chi connectivity index (χ4n) is 3.99. The molecule has 1 atom stereocenters. The first-order chi connectivity index (χ1) is 21.7. The Balaban J connectivity index is 1.44. The minimum Gasteiger partial charge on any atom is -0.466 e. The largest absolute Gasteiger partial charge is 0.466 e. The van der Waals surface area contributed by atoms with Crippen LogP contribution in [0.5, 0.6) is 0 Å². The molecular weight excluding hydrogens is 676 g/mol. The van der Waals surface area contributed by atoms with E-state index < -0.39 is 17.1 Å². The Labute approximate surface area is 278 Å². The number of nitrogens with zero attached hydrogens (tertiary/aromatic N) is 1. The third-order valence-corrected chi connectivity index (χ3v) is 8.85. The van der Waals surface area contributed by atoms with Gasteiger partial charge >= 0.3 is 5.97 Å². The van der Waals surface area contributed by atoms with E-state index >= 15 is 0 Å². The Morgan fingerprint density at radius 3 is 2.44 bits per heavy atom. The molecule has 1 heterocycles. The molecule has 0 spiro atoms. The summed E-state index contributed by atoms with van der Waals surface area (Å²) in [4.78, 5) is 56.3. The number of hydrogen-bond donors (Lipinski definition) is 3. The maximum Gasteiger partial charge on any atom is 0.311 e. The number of esters is 1. The van der Waals surface area contributed by atoms with Gasteiger partial charge in [0.05, 0.1) is 24.0 Å². The maximum absolute atomic E-state index is 13.4. The topological polar surface area (TPSA) is 126 Å². The van der Waals surface area contributed by atoms with Crippen molar-refractivity contribution < 1.29 is 23.9 Å². The van der Waals surface area contributed by atoms with Crippen molar-refractivity contribution in [3.63, 3.8) is 0 Å². The molecule has 3 amide bonds. The molecule has 45 heavy (non-hydrogen) atoms. The van der Waals surface area contributed by atoms with Gasteiger partial charge in [0.1, 0.15) is 5.70 Å². The zero-order chi connectivity index (χ0) is 32.2.